The van der Waals surface area contributed by atoms with Gasteiger partial charge in [-0.1, -0.05) is 24.3 Å². The number of hydrogen-bond acceptors (Lipinski definition) is 6. The molecule has 0 saturated carbocycles. The third-order valence-corrected chi connectivity index (χ3v) is 4.66. The first kappa shape index (κ1) is 33.6. The number of benzene rings is 1. The molecular formula is C21H28F6N4O6. The van der Waals surface area contributed by atoms with Crippen molar-refractivity contribution in [3.8, 4) is 0 Å². The van der Waals surface area contributed by atoms with Gasteiger partial charge in [0.1, 0.15) is 0 Å². The summed E-state index contributed by atoms with van der Waals surface area (Å²) in [5, 5.41) is 20.0. The van der Waals surface area contributed by atoms with E-state index in [9.17, 15) is 35.9 Å². The van der Waals surface area contributed by atoms with E-state index in [0.717, 1.165) is 11.1 Å². The zero-order chi connectivity index (χ0) is 29.0. The van der Waals surface area contributed by atoms with E-state index in [1.807, 2.05) is 43.0 Å². The molecule has 1 saturated heterocycles. The maximum absolute atomic E-state index is 12.2. The Kier molecular flexibility index (Phi) is 13.6. The molecule has 1 aromatic carbocycles. The lowest BCUT2D eigenvalue weighted by atomic mass is 10.1. The minimum atomic E-state index is -5.08. The Labute approximate surface area is 207 Å². The van der Waals surface area contributed by atoms with Crippen LogP contribution in [0.25, 0.3) is 0 Å². The van der Waals surface area contributed by atoms with Crippen LogP contribution in [0.2, 0.25) is 0 Å². The maximum Gasteiger partial charge on any atom is 0.490 e. The molecule has 2 rings (SSSR count). The highest BCUT2D eigenvalue weighted by molar-refractivity contribution is 5.84. The molecule has 0 aromatic heterocycles. The van der Waals surface area contributed by atoms with Gasteiger partial charge in [-0.25, -0.2) is 9.59 Å². The van der Waals surface area contributed by atoms with E-state index in [1.165, 1.54) is 0 Å². The van der Waals surface area contributed by atoms with Gasteiger partial charge in [0.2, 0.25) is 11.8 Å². The number of hydrogen-bond donors (Lipinski definition) is 5. The van der Waals surface area contributed by atoms with Crippen molar-refractivity contribution in [1.29, 1.82) is 0 Å². The number of alkyl halides is 6. The average molecular weight is 546 g/mol. The highest BCUT2D eigenvalue weighted by Gasteiger charge is 2.39. The Morgan fingerprint density at radius 3 is 1.92 bits per heavy atom. The molecule has 1 fully saturated rings. The van der Waals surface area contributed by atoms with Crippen LogP contribution in [0.1, 0.15) is 24.5 Å². The van der Waals surface area contributed by atoms with Gasteiger partial charge in [-0.05, 0) is 31.4 Å². The third kappa shape index (κ3) is 13.5. The number of carboxylic acid groups (broad SMARTS) is 2. The van der Waals surface area contributed by atoms with Gasteiger partial charge in [0.15, 0.2) is 0 Å². The Morgan fingerprint density at radius 1 is 1.00 bits per heavy atom. The third-order valence-electron chi connectivity index (χ3n) is 4.66. The van der Waals surface area contributed by atoms with Crippen LogP contribution in [-0.2, 0) is 25.7 Å². The summed E-state index contributed by atoms with van der Waals surface area (Å²) in [7, 11) is 0. The summed E-state index contributed by atoms with van der Waals surface area (Å²) < 4.78 is 63.5. The van der Waals surface area contributed by atoms with Gasteiger partial charge < -0.3 is 26.6 Å². The predicted molar refractivity (Wildman–Crippen MR) is 117 cm³/mol. The molecule has 37 heavy (non-hydrogen) atoms. The summed E-state index contributed by atoms with van der Waals surface area (Å²) in [5.41, 5.74) is 8.20. The Balaban J connectivity index is 0.000000761. The average Bonchev–Trinajstić information content (AvgIpc) is 3.13. The minimum Gasteiger partial charge on any atom is -0.475 e. The number of likely N-dealkylation sites (tertiary alicyclic amines) is 1. The van der Waals surface area contributed by atoms with E-state index >= 15 is 0 Å². The summed E-state index contributed by atoms with van der Waals surface area (Å²) in [4.78, 5) is 43.9. The van der Waals surface area contributed by atoms with Crippen molar-refractivity contribution in [1.82, 2.24) is 15.5 Å². The molecule has 0 spiro atoms. The fraction of sp³-hybridized carbons (Fsp3) is 0.524. The molecule has 0 unspecified atom stereocenters. The molecular weight excluding hydrogens is 518 g/mol. The monoisotopic (exact) mass is 546 g/mol. The second kappa shape index (κ2) is 15.0. The van der Waals surface area contributed by atoms with Gasteiger partial charge in [0.05, 0.1) is 12.6 Å². The van der Waals surface area contributed by atoms with Crippen molar-refractivity contribution in [3.05, 3.63) is 35.4 Å². The van der Waals surface area contributed by atoms with Crippen LogP contribution in [0.5, 0.6) is 0 Å². The fourth-order valence-corrected chi connectivity index (χ4v) is 2.92. The number of halogens is 6. The number of nitrogens with zero attached hydrogens (tertiary/aromatic N) is 1. The first-order chi connectivity index (χ1) is 16.9. The van der Waals surface area contributed by atoms with Crippen molar-refractivity contribution < 1.29 is 55.7 Å². The Bertz CT molecular complexity index is 902. The zero-order valence-corrected chi connectivity index (χ0v) is 19.8. The molecule has 6 N–H and O–H groups in total. The van der Waals surface area contributed by atoms with Crippen molar-refractivity contribution >= 4 is 23.8 Å². The molecule has 1 aliphatic heterocycles. The fourth-order valence-electron chi connectivity index (χ4n) is 2.92. The van der Waals surface area contributed by atoms with Crippen molar-refractivity contribution in [2.24, 2.45) is 5.73 Å². The second-order valence-corrected chi connectivity index (χ2v) is 7.64. The van der Waals surface area contributed by atoms with Crippen LogP contribution >= 0.6 is 0 Å². The normalized spacial score (nSPS) is 17.4. The lowest BCUT2D eigenvalue weighted by Crippen LogP contribution is -2.47. The van der Waals surface area contributed by atoms with Crippen LogP contribution in [0.3, 0.4) is 0 Å². The molecule has 0 bridgehead atoms. The summed E-state index contributed by atoms with van der Waals surface area (Å²) in [6, 6.07) is 7.58. The first-order valence-corrected chi connectivity index (χ1v) is 10.6. The van der Waals surface area contributed by atoms with Gasteiger partial charge in [0.25, 0.3) is 0 Å². The molecule has 16 heteroatoms. The highest BCUT2D eigenvalue weighted by Crippen LogP contribution is 2.16. The number of carbonyl (C=O) groups is 4. The van der Waals surface area contributed by atoms with Crippen LogP contribution in [0.15, 0.2) is 24.3 Å². The number of nitrogens with one attached hydrogen (secondary N) is 2. The number of likely N-dealkylation sites (N-methyl/N-ethyl adjacent to an activating group) is 1. The topological polar surface area (TPSA) is 162 Å². The molecule has 2 amide bonds. The van der Waals surface area contributed by atoms with Crippen LogP contribution in [-0.4, -0.2) is 82.9 Å². The van der Waals surface area contributed by atoms with Crippen LogP contribution in [0, 0.1) is 6.92 Å². The predicted octanol–water partition coefficient (Wildman–Crippen LogP) is 1.42. The van der Waals surface area contributed by atoms with Gasteiger partial charge in [-0.3, -0.25) is 14.5 Å². The van der Waals surface area contributed by atoms with Gasteiger partial charge in [0, 0.05) is 25.7 Å². The molecule has 0 radical (unpaired) electrons. The number of carboxylic acids is 2. The van der Waals surface area contributed by atoms with E-state index in [4.69, 9.17) is 25.5 Å². The maximum atomic E-state index is 12.2. The minimum absolute atomic E-state index is 0.0489. The molecule has 1 heterocycles. The standard InChI is InChI=1S/C17H26N4O2.2C2HF3O2/c1-3-19-17(23)15-8-14(18)10-21(15)11-16(22)20-9-13-7-5-4-6-12(13)2;2*3-2(4,5)1(6)7/h4-7,14-15H,3,8-11,18H2,1-2H3,(H,19,23)(H,20,22);2*(H,6,7)/t14-,15-;;/m0../s1. The summed E-state index contributed by atoms with van der Waals surface area (Å²) in [6.45, 7) is 5.74. The smallest absolute Gasteiger partial charge is 0.475 e. The van der Waals surface area contributed by atoms with Crippen LogP contribution < -0.4 is 16.4 Å². The van der Waals surface area contributed by atoms with Crippen molar-refractivity contribution in [3.63, 3.8) is 0 Å². The number of rotatable bonds is 6. The molecule has 0 aliphatic carbocycles. The lowest BCUT2D eigenvalue weighted by molar-refractivity contribution is -0.193. The number of amides is 2. The van der Waals surface area contributed by atoms with E-state index in [1.54, 1.807) is 0 Å². The Hall–Kier alpha value is -3.40. The molecule has 210 valence electrons. The number of carbonyl (C=O) groups excluding carboxylic acids is 2. The first-order valence-electron chi connectivity index (χ1n) is 10.6. The number of aryl methyl sites for hydroxylation is 1. The van der Waals surface area contributed by atoms with Crippen molar-refractivity contribution in [2.45, 2.75) is 51.2 Å². The summed E-state index contributed by atoms with van der Waals surface area (Å²) in [5.74, 6) is -5.65. The molecule has 10 nitrogen and oxygen atoms in total. The van der Waals surface area contributed by atoms with Gasteiger partial charge in [-0.15, -0.1) is 0 Å². The Morgan fingerprint density at radius 2 is 1.49 bits per heavy atom. The van der Waals surface area contributed by atoms with Gasteiger partial charge >= 0.3 is 24.3 Å². The summed E-state index contributed by atoms with van der Waals surface area (Å²) >= 11 is 0. The largest absolute Gasteiger partial charge is 0.490 e. The SMILES string of the molecule is CCNC(=O)[C@@H]1C[C@H](N)CN1CC(=O)NCc1ccccc1C.O=C(O)C(F)(F)F.O=C(O)C(F)(F)F. The van der Waals surface area contributed by atoms with Crippen molar-refractivity contribution in [2.75, 3.05) is 19.6 Å². The second-order valence-electron chi connectivity index (χ2n) is 7.64. The highest BCUT2D eigenvalue weighted by atomic mass is 19.4. The molecule has 1 aromatic rings. The van der Waals surface area contributed by atoms with Gasteiger partial charge in [-0.2, -0.15) is 26.3 Å². The summed E-state index contributed by atoms with van der Waals surface area (Å²) in [6.07, 6.45) is -9.57. The molecule has 1 aliphatic rings. The lowest BCUT2D eigenvalue weighted by Gasteiger charge is -2.22. The number of aliphatic carboxylic acids is 2. The van der Waals surface area contributed by atoms with E-state index in [2.05, 4.69) is 10.6 Å². The van der Waals surface area contributed by atoms with Crippen LogP contribution in [0.4, 0.5) is 26.3 Å². The van der Waals surface area contributed by atoms with E-state index in [0.29, 0.717) is 26.1 Å². The van der Waals surface area contributed by atoms with E-state index < -0.39 is 24.3 Å². The number of nitrogens with two attached hydrogens (primary N) is 1. The van der Waals surface area contributed by atoms with E-state index in [-0.39, 0.29) is 30.4 Å². The quantitative estimate of drug-likeness (QED) is 0.335. The molecule has 2 atom stereocenters. The zero-order valence-electron chi connectivity index (χ0n) is 19.8.